The van der Waals surface area contributed by atoms with Crippen molar-refractivity contribution in [2.75, 3.05) is 44.5 Å². The molecule has 10 nitrogen and oxygen atoms in total. The number of methoxy groups -OCH3 is 1. The van der Waals surface area contributed by atoms with Gasteiger partial charge in [0.05, 0.1) is 23.4 Å². The molecule has 0 radical (unpaired) electrons. The quantitative estimate of drug-likeness (QED) is 0.227. The van der Waals surface area contributed by atoms with Crippen LogP contribution in [-0.4, -0.2) is 67.1 Å². The Morgan fingerprint density at radius 2 is 2.03 bits per heavy atom. The lowest BCUT2D eigenvalue weighted by atomic mass is 10.2. The second-order valence-corrected chi connectivity index (χ2v) is 7.69. The van der Waals surface area contributed by atoms with Gasteiger partial charge >= 0.3 is 0 Å². The summed E-state index contributed by atoms with van der Waals surface area (Å²) in [6.45, 7) is 3.43. The maximum Gasteiger partial charge on any atom is 0.242 e. The molecule has 10 heteroatoms. The molecule has 0 bridgehead atoms. The monoisotopic (exact) mass is 477 g/mol. The first-order valence-corrected chi connectivity index (χ1v) is 11.3. The molecule has 2 rings (SSSR count). The molecular formula is C25H31N7O3. The van der Waals surface area contributed by atoms with Gasteiger partial charge < -0.3 is 25.6 Å². The van der Waals surface area contributed by atoms with Crippen molar-refractivity contribution in [2.45, 2.75) is 32.2 Å². The van der Waals surface area contributed by atoms with E-state index in [0.717, 1.165) is 12.1 Å². The number of hydrogen-bond acceptors (Lipinski definition) is 8. The molecule has 0 aliphatic heterocycles. The zero-order chi connectivity index (χ0) is 25.5. The zero-order valence-electron chi connectivity index (χ0n) is 20.3. The Kier molecular flexibility index (Phi) is 11.5. The average Bonchev–Trinajstić information content (AvgIpc) is 2.88. The van der Waals surface area contributed by atoms with Crippen LogP contribution in [0.15, 0.2) is 30.5 Å². The number of carbonyl (C=O) groups excluding carboxylic acids is 2. The SMILES string of the molecule is COCCCNc1nc(Nc2ccc(C#N)cc2)ncc1C#CCCCNC(=O)[C@H](C)N(C)C=O. The first kappa shape index (κ1) is 27.1. The van der Waals surface area contributed by atoms with Crippen LogP contribution in [0.2, 0.25) is 0 Å². The Labute approximate surface area is 206 Å². The summed E-state index contributed by atoms with van der Waals surface area (Å²) in [7, 11) is 3.22. The van der Waals surface area contributed by atoms with Crippen LogP contribution in [-0.2, 0) is 14.3 Å². The number of unbranched alkanes of at least 4 members (excludes halogenated alkanes) is 1. The van der Waals surface area contributed by atoms with Crippen molar-refractivity contribution < 1.29 is 14.3 Å². The number of nitriles is 1. The van der Waals surface area contributed by atoms with Crippen molar-refractivity contribution in [3.8, 4) is 17.9 Å². The summed E-state index contributed by atoms with van der Waals surface area (Å²) in [5.74, 6) is 7.02. The van der Waals surface area contributed by atoms with Crippen molar-refractivity contribution in [2.24, 2.45) is 0 Å². The topological polar surface area (TPSA) is 132 Å². The van der Waals surface area contributed by atoms with Crippen LogP contribution in [0.5, 0.6) is 0 Å². The molecule has 35 heavy (non-hydrogen) atoms. The Morgan fingerprint density at radius 3 is 2.71 bits per heavy atom. The smallest absolute Gasteiger partial charge is 0.242 e. The summed E-state index contributed by atoms with van der Waals surface area (Å²) in [5.41, 5.74) is 2.01. The van der Waals surface area contributed by atoms with E-state index in [2.05, 4.69) is 43.8 Å². The average molecular weight is 478 g/mol. The van der Waals surface area contributed by atoms with E-state index in [1.807, 2.05) is 0 Å². The van der Waals surface area contributed by atoms with E-state index in [4.69, 9.17) is 10.00 Å². The maximum atomic E-state index is 12.0. The van der Waals surface area contributed by atoms with Gasteiger partial charge in [-0.1, -0.05) is 11.8 Å². The van der Waals surface area contributed by atoms with Gasteiger partial charge in [0, 0.05) is 46.0 Å². The molecule has 0 fully saturated rings. The summed E-state index contributed by atoms with van der Waals surface area (Å²) >= 11 is 0. The summed E-state index contributed by atoms with van der Waals surface area (Å²) < 4.78 is 5.10. The lowest BCUT2D eigenvalue weighted by Crippen LogP contribution is -2.42. The van der Waals surface area contributed by atoms with Crippen molar-refractivity contribution in [3.63, 3.8) is 0 Å². The predicted octanol–water partition coefficient (Wildman–Crippen LogP) is 2.26. The number of nitrogens with one attached hydrogen (secondary N) is 3. The molecule has 0 saturated heterocycles. The third kappa shape index (κ3) is 9.32. The van der Waals surface area contributed by atoms with E-state index in [0.29, 0.717) is 61.8 Å². The minimum absolute atomic E-state index is 0.200. The third-order valence-electron chi connectivity index (χ3n) is 5.03. The summed E-state index contributed by atoms with van der Waals surface area (Å²) in [6.07, 6.45) is 4.34. The minimum atomic E-state index is -0.515. The lowest BCUT2D eigenvalue weighted by molar-refractivity contribution is -0.131. The van der Waals surface area contributed by atoms with E-state index in [9.17, 15) is 9.59 Å². The molecule has 0 unspecified atom stereocenters. The molecule has 0 aliphatic rings. The molecule has 1 heterocycles. The number of benzene rings is 1. The van der Waals surface area contributed by atoms with Crippen LogP contribution in [0.3, 0.4) is 0 Å². The highest BCUT2D eigenvalue weighted by atomic mass is 16.5. The molecule has 1 aromatic carbocycles. The van der Waals surface area contributed by atoms with Crippen molar-refractivity contribution in [3.05, 3.63) is 41.6 Å². The molecule has 0 spiro atoms. The highest BCUT2D eigenvalue weighted by molar-refractivity contribution is 5.83. The molecule has 1 aromatic heterocycles. The number of amides is 2. The van der Waals surface area contributed by atoms with Gasteiger partial charge in [-0.25, -0.2) is 4.98 Å². The van der Waals surface area contributed by atoms with Crippen LogP contribution in [0, 0.1) is 23.2 Å². The molecule has 0 aliphatic carbocycles. The highest BCUT2D eigenvalue weighted by Crippen LogP contribution is 2.18. The van der Waals surface area contributed by atoms with Crippen LogP contribution in [0.4, 0.5) is 17.5 Å². The molecular weight excluding hydrogens is 446 g/mol. The summed E-state index contributed by atoms with van der Waals surface area (Å²) in [6, 6.07) is 8.59. The van der Waals surface area contributed by atoms with Gasteiger partial charge in [0.1, 0.15) is 11.9 Å². The summed E-state index contributed by atoms with van der Waals surface area (Å²) in [4.78, 5) is 33.0. The highest BCUT2D eigenvalue weighted by Gasteiger charge is 2.15. The Morgan fingerprint density at radius 1 is 1.26 bits per heavy atom. The number of ether oxygens (including phenoxy) is 1. The number of anilines is 3. The predicted molar refractivity (Wildman–Crippen MR) is 134 cm³/mol. The van der Waals surface area contributed by atoms with Crippen LogP contribution >= 0.6 is 0 Å². The fourth-order valence-corrected chi connectivity index (χ4v) is 2.82. The van der Waals surface area contributed by atoms with Gasteiger partial charge in [0.15, 0.2) is 0 Å². The third-order valence-corrected chi connectivity index (χ3v) is 5.03. The number of likely N-dealkylation sites (N-methyl/N-ethyl adjacent to an activating group) is 1. The molecule has 184 valence electrons. The van der Waals surface area contributed by atoms with E-state index in [1.165, 1.54) is 4.90 Å². The van der Waals surface area contributed by atoms with Crippen molar-refractivity contribution in [1.82, 2.24) is 20.2 Å². The fourth-order valence-electron chi connectivity index (χ4n) is 2.82. The number of rotatable bonds is 13. The standard InChI is InChI=1S/C25H31N7O3/c1-19(32(2)18-33)24(34)28-13-6-4-5-8-21-17-29-25(31-23(21)27-14-7-15-35-3)30-22-11-9-20(16-26)10-12-22/h9-12,17-19H,4,6-7,13-15H2,1-3H3,(H,28,34)(H2,27,29,30,31)/t19-/m0/s1. The van der Waals surface area contributed by atoms with Gasteiger partial charge in [-0.15, -0.1) is 0 Å². The number of aromatic nitrogens is 2. The van der Waals surface area contributed by atoms with E-state index in [-0.39, 0.29) is 5.91 Å². The van der Waals surface area contributed by atoms with Crippen molar-refractivity contribution in [1.29, 1.82) is 5.26 Å². The largest absolute Gasteiger partial charge is 0.385 e. The Bertz CT molecular complexity index is 1070. The lowest BCUT2D eigenvalue weighted by Gasteiger charge is -2.19. The number of nitrogens with zero attached hydrogens (tertiary/aromatic N) is 4. The summed E-state index contributed by atoms with van der Waals surface area (Å²) in [5, 5.41) is 18.2. The van der Waals surface area contributed by atoms with Crippen molar-refractivity contribution >= 4 is 29.8 Å². The zero-order valence-corrected chi connectivity index (χ0v) is 20.3. The molecule has 2 amide bonds. The van der Waals surface area contributed by atoms with Gasteiger partial charge in [-0.3, -0.25) is 9.59 Å². The first-order valence-electron chi connectivity index (χ1n) is 11.3. The maximum absolute atomic E-state index is 12.0. The van der Waals surface area contributed by atoms with E-state index >= 15 is 0 Å². The second-order valence-electron chi connectivity index (χ2n) is 7.69. The molecule has 1 atom stereocenters. The van der Waals surface area contributed by atoms with Crippen LogP contribution in [0.25, 0.3) is 0 Å². The van der Waals surface area contributed by atoms with Crippen LogP contribution < -0.4 is 16.0 Å². The Balaban J connectivity index is 1.98. The molecule has 0 saturated carbocycles. The fraction of sp³-hybridized carbons (Fsp3) is 0.400. The molecule has 2 aromatic rings. The molecule has 3 N–H and O–H groups in total. The van der Waals surface area contributed by atoms with Gasteiger partial charge in [0.25, 0.3) is 0 Å². The minimum Gasteiger partial charge on any atom is -0.385 e. The second kappa shape index (κ2) is 14.9. The van der Waals surface area contributed by atoms with Gasteiger partial charge in [-0.2, -0.15) is 10.2 Å². The Hall–Kier alpha value is -4.15. The van der Waals surface area contributed by atoms with E-state index in [1.54, 1.807) is 51.5 Å². The van der Waals surface area contributed by atoms with Crippen LogP contribution in [0.1, 0.15) is 37.3 Å². The number of carbonyl (C=O) groups is 2. The van der Waals surface area contributed by atoms with Gasteiger partial charge in [-0.05, 0) is 44.0 Å². The van der Waals surface area contributed by atoms with E-state index < -0.39 is 6.04 Å². The number of hydrogen-bond donors (Lipinski definition) is 3. The first-order chi connectivity index (χ1) is 17.0. The normalized spacial score (nSPS) is 10.8. The van der Waals surface area contributed by atoms with Gasteiger partial charge in [0.2, 0.25) is 18.3 Å².